The fraction of sp³-hybridized carbons (Fsp3) is 0.432. The molecule has 0 aliphatic carbocycles. The first kappa shape index (κ1) is 37.9. The molecule has 56 heavy (non-hydrogen) atoms. The van der Waals surface area contributed by atoms with Crippen LogP contribution in [0.3, 0.4) is 0 Å². The third-order valence-electron chi connectivity index (χ3n) is 12.9. The monoisotopic (exact) mass is 777 g/mol. The summed E-state index contributed by atoms with van der Waals surface area (Å²) in [6.07, 6.45) is 7.80. The number of piperidine rings is 3. The number of benzene rings is 3. The van der Waals surface area contributed by atoms with E-state index < -0.39 is 5.41 Å². The van der Waals surface area contributed by atoms with Gasteiger partial charge in [0.25, 0.3) is 0 Å². The largest absolute Gasteiger partial charge is 0.507 e. The Balaban J connectivity index is 0.835. The average molecular weight is 778 g/mol. The number of amides is 3. The number of imide groups is 1. The lowest BCUT2D eigenvalue weighted by Gasteiger charge is -2.62. The van der Waals surface area contributed by atoms with Crippen LogP contribution in [0.25, 0.3) is 5.70 Å². The number of hydrogen-bond acceptors (Lipinski definition) is 9. The summed E-state index contributed by atoms with van der Waals surface area (Å²) in [5.74, 6) is 0.309. The zero-order valence-corrected chi connectivity index (χ0v) is 32.6. The van der Waals surface area contributed by atoms with Crippen molar-refractivity contribution in [3.05, 3.63) is 112 Å². The number of anilines is 1. The van der Waals surface area contributed by atoms with Crippen molar-refractivity contribution in [1.82, 2.24) is 20.0 Å². The zero-order valence-electron chi connectivity index (χ0n) is 31.8. The maximum absolute atomic E-state index is 14.6. The van der Waals surface area contributed by atoms with Crippen molar-refractivity contribution < 1.29 is 19.5 Å². The van der Waals surface area contributed by atoms with Gasteiger partial charge in [-0.05, 0) is 91.6 Å². The van der Waals surface area contributed by atoms with Crippen LogP contribution in [-0.2, 0) is 19.8 Å². The summed E-state index contributed by atoms with van der Waals surface area (Å²) < 4.78 is 0. The molecule has 0 saturated carbocycles. The summed E-state index contributed by atoms with van der Waals surface area (Å²) in [4.78, 5) is 47.7. The van der Waals surface area contributed by atoms with E-state index in [-0.39, 0.29) is 34.8 Å². The number of carbonyl (C=O) groups is 3. The van der Waals surface area contributed by atoms with Crippen LogP contribution in [-0.4, -0.2) is 96.4 Å². The van der Waals surface area contributed by atoms with E-state index in [0.29, 0.717) is 61.0 Å². The van der Waals surface area contributed by atoms with Gasteiger partial charge >= 0.3 is 0 Å². The minimum absolute atomic E-state index is 0.110. The molecule has 1 unspecified atom stereocenters. The molecular weight excluding hydrogens is 726 g/mol. The minimum Gasteiger partial charge on any atom is -0.507 e. The first-order valence-corrected chi connectivity index (χ1v) is 20.3. The number of allylic oxidation sites excluding steroid dienone is 1. The summed E-state index contributed by atoms with van der Waals surface area (Å²) in [5.41, 5.74) is 16.8. The number of carbonyl (C=O) groups excluding carboxylic acids is 3. The van der Waals surface area contributed by atoms with E-state index in [4.69, 9.17) is 23.1 Å². The van der Waals surface area contributed by atoms with E-state index in [1.165, 1.54) is 11.9 Å². The molecule has 8 rings (SSSR count). The Morgan fingerprint density at radius 2 is 1.61 bits per heavy atom. The molecule has 5 fully saturated rings. The quantitative estimate of drug-likeness (QED) is 0.178. The van der Waals surface area contributed by atoms with Crippen LogP contribution >= 0.6 is 11.6 Å². The van der Waals surface area contributed by atoms with Crippen LogP contribution in [0.2, 0.25) is 5.02 Å². The number of para-hydroxylation sites is 1. The van der Waals surface area contributed by atoms with Gasteiger partial charge in [0, 0.05) is 98.9 Å². The summed E-state index contributed by atoms with van der Waals surface area (Å²) >= 11 is 6.51. The van der Waals surface area contributed by atoms with Crippen LogP contribution in [0.4, 0.5) is 5.69 Å². The number of nitrogens with zero attached hydrogens (tertiary/aromatic N) is 4. The molecule has 0 bridgehead atoms. The van der Waals surface area contributed by atoms with Gasteiger partial charge in [0.1, 0.15) is 5.75 Å². The van der Waals surface area contributed by atoms with Crippen molar-refractivity contribution in [3.8, 4) is 5.75 Å². The Bertz CT molecular complexity index is 2020. The SMILES string of the molecule is N/C=C(\C=C(/N)c1ccccc1O)N1CCC(C(=O)N2CC3(CN(CC4CCN(c5ccc(C6CCC(=O)NC6=O)cc5)CC4)C3)C2)(c2cccc(Cl)c2)CC1. The lowest BCUT2D eigenvalue weighted by Crippen LogP contribution is -2.74. The molecule has 3 aromatic rings. The predicted octanol–water partition coefficient (Wildman–Crippen LogP) is 4.76. The van der Waals surface area contributed by atoms with Crippen molar-refractivity contribution >= 4 is 40.7 Å². The van der Waals surface area contributed by atoms with Crippen molar-refractivity contribution in [2.75, 3.05) is 63.8 Å². The highest BCUT2D eigenvalue weighted by molar-refractivity contribution is 6.30. The number of likely N-dealkylation sites (tertiary alicyclic amines) is 3. The van der Waals surface area contributed by atoms with E-state index in [1.807, 2.05) is 42.5 Å². The second-order valence-corrected chi connectivity index (χ2v) is 17.1. The van der Waals surface area contributed by atoms with Gasteiger partial charge in [0.05, 0.1) is 17.0 Å². The standard InChI is InChI=1S/C44H52ClN7O4/c45-33-5-3-4-32(22-33)44(16-20-51(21-17-44)35(24-46)23-38(47)37-6-1-2-7-39(37)53)42(56)52-28-43(29-52)26-49(27-43)25-30-14-18-50(19-15-30)34-10-8-31(9-11-34)36-12-13-40(54)48-41(36)55/h1-11,22-24,30,36,53H,12-21,25-29,46-47H2,(H,48,54,55)/b35-24+,38-23-. The first-order chi connectivity index (χ1) is 27.0. The molecule has 5 aliphatic rings. The highest BCUT2D eigenvalue weighted by atomic mass is 35.5. The third kappa shape index (κ3) is 7.46. The van der Waals surface area contributed by atoms with Crippen molar-refractivity contribution in [3.63, 3.8) is 0 Å². The molecule has 1 atom stereocenters. The first-order valence-electron chi connectivity index (χ1n) is 19.9. The van der Waals surface area contributed by atoms with Crippen LogP contribution in [0, 0.1) is 11.3 Å². The topological polar surface area (TPSA) is 148 Å². The lowest BCUT2D eigenvalue weighted by atomic mass is 9.67. The smallest absolute Gasteiger partial charge is 0.234 e. The molecule has 3 aromatic carbocycles. The van der Waals surface area contributed by atoms with Gasteiger partial charge in [0.2, 0.25) is 17.7 Å². The maximum atomic E-state index is 14.6. The van der Waals surface area contributed by atoms with Gasteiger partial charge in [-0.1, -0.05) is 48.0 Å². The Morgan fingerprint density at radius 1 is 0.893 bits per heavy atom. The second-order valence-electron chi connectivity index (χ2n) is 16.6. The molecule has 0 radical (unpaired) electrons. The van der Waals surface area contributed by atoms with Crippen molar-refractivity contribution in [2.24, 2.45) is 22.8 Å². The lowest BCUT2D eigenvalue weighted by molar-refractivity contribution is -0.167. The van der Waals surface area contributed by atoms with Gasteiger partial charge in [-0.25, -0.2) is 0 Å². The molecule has 1 spiro atoms. The molecular formula is C44H52ClN7O4. The van der Waals surface area contributed by atoms with Gasteiger partial charge < -0.3 is 36.2 Å². The molecule has 5 aliphatic heterocycles. The van der Waals surface area contributed by atoms with Gasteiger partial charge in [-0.15, -0.1) is 0 Å². The highest BCUT2D eigenvalue weighted by Gasteiger charge is 2.56. The molecule has 0 aromatic heterocycles. The van der Waals surface area contributed by atoms with E-state index in [2.05, 4.69) is 37.0 Å². The molecule has 12 heteroatoms. The van der Waals surface area contributed by atoms with Crippen LogP contribution in [0.5, 0.6) is 5.75 Å². The van der Waals surface area contributed by atoms with E-state index in [1.54, 1.807) is 24.3 Å². The number of halogens is 1. The van der Waals surface area contributed by atoms with E-state index in [0.717, 1.165) is 75.5 Å². The van der Waals surface area contributed by atoms with Crippen molar-refractivity contribution in [1.29, 1.82) is 0 Å². The Labute approximate surface area is 333 Å². The third-order valence-corrected chi connectivity index (χ3v) is 13.2. The van der Waals surface area contributed by atoms with Gasteiger partial charge in [-0.3, -0.25) is 19.7 Å². The molecule has 3 amide bonds. The number of phenols is 1. The number of rotatable bonds is 9. The van der Waals surface area contributed by atoms with E-state index >= 15 is 0 Å². The Morgan fingerprint density at radius 3 is 2.27 bits per heavy atom. The zero-order chi connectivity index (χ0) is 39.0. The molecule has 294 valence electrons. The van der Waals surface area contributed by atoms with Crippen LogP contribution in [0.15, 0.2) is 90.8 Å². The van der Waals surface area contributed by atoms with Crippen LogP contribution < -0.4 is 21.7 Å². The number of hydrogen-bond donors (Lipinski definition) is 4. The summed E-state index contributed by atoms with van der Waals surface area (Å²) in [6.45, 7) is 7.99. The number of nitrogens with two attached hydrogens (primary N) is 2. The Hall–Kier alpha value is -5.00. The number of aromatic hydroxyl groups is 1. The second kappa shape index (κ2) is 15.5. The van der Waals surface area contributed by atoms with Crippen LogP contribution in [0.1, 0.15) is 61.1 Å². The summed E-state index contributed by atoms with van der Waals surface area (Å²) in [5, 5.41) is 13.4. The summed E-state index contributed by atoms with van der Waals surface area (Å²) in [7, 11) is 0. The Kier molecular flexibility index (Phi) is 10.5. The fourth-order valence-electron chi connectivity index (χ4n) is 9.87. The number of phenolic OH excluding ortho intramolecular Hbond substituents is 1. The van der Waals surface area contributed by atoms with Crippen molar-refractivity contribution in [2.45, 2.75) is 49.9 Å². The fourth-order valence-corrected chi connectivity index (χ4v) is 10.1. The number of nitrogens with one attached hydrogen (secondary N) is 1. The van der Waals surface area contributed by atoms with Gasteiger partial charge in [0.15, 0.2) is 0 Å². The predicted molar refractivity (Wildman–Crippen MR) is 218 cm³/mol. The maximum Gasteiger partial charge on any atom is 0.234 e. The molecule has 11 nitrogen and oxygen atoms in total. The molecule has 5 saturated heterocycles. The van der Waals surface area contributed by atoms with Gasteiger partial charge in [-0.2, -0.15) is 0 Å². The minimum atomic E-state index is -0.682. The molecule has 6 N–H and O–H groups in total. The molecule has 5 heterocycles. The van der Waals surface area contributed by atoms with E-state index in [9.17, 15) is 19.5 Å². The summed E-state index contributed by atoms with van der Waals surface area (Å²) in [6, 6.07) is 23.1. The highest BCUT2D eigenvalue weighted by Crippen LogP contribution is 2.46. The average Bonchev–Trinajstić information content (AvgIpc) is 3.17. The normalized spacial score (nSPS) is 23.1.